The third-order valence-electron chi connectivity index (χ3n) is 2.95. The van der Waals surface area contributed by atoms with E-state index < -0.39 is 12.1 Å². The molecule has 0 aliphatic heterocycles. The Balaban J connectivity index is 2.24. The molecule has 0 saturated carbocycles. The first-order chi connectivity index (χ1) is 10.0. The fraction of sp³-hybridized carbons (Fsp3) is 0.462. The second-order valence-electron chi connectivity index (χ2n) is 4.74. The Bertz CT molecular complexity index is 628. The molecule has 114 valence electrons. The van der Waals surface area contributed by atoms with Crippen LogP contribution in [0.3, 0.4) is 0 Å². The van der Waals surface area contributed by atoms with Gasteiger partial charge >= 0.3 is 0 Å². The van der Waals surface area contributed by atoms with Gasteiger partial charge in [0.2, 0.25) is 5.91 Å². The van der Waals surface area contributed by atoms with Gasteiger partial charge in [-0.3, -0.25) is 4.79 Å². The van der Waals surface area contributed by atoms with E-state index in [1.165, 1.54) is 6.33 Å². The number of rotatable bonds is 6. The van der Waals surface area contributed by atoms with Crippen LogP contribution in [0, 0.1) is 6.92 Å². The fourth-order valence-corrected chi connectivity index (χ4v) is 2.80. The molecule has 1 amide bonds. The van der Waals surface area contributed by atoms with Gasteiger partial charge in [-0.1, -0.05) is 0 Å². The molecular weight excluding hydrogens is 290 g/mol. The van der Waals surface area contributed by atoms with Crippen molar-refractivity contribution in [3.8, 4) is 0 Å². The lowest BCUT2D eigenvalue weighted by Crippen LogP contribution is -2.47. The first-order valence-corrected chi connectivity index (χ1v) is 7.48. The second kappa shape index (κ2) is 6.79. The zero-order valence-electron chi connectivity index (χ0n) is 12.0. The van der Waals surface area contributed by atoms with Crippen LogP contribution in [0.5, 0.6) is 0 Å². The molecule has 0 aromatic carbocycles. The Hall–Kier alpha value is -1.77. The first kappa shape index (κ1) is 15.6. The van der Waals surface area contributed by atoms with Gasteiger partial charge in [0, 0.05) is 18.0 Å². The van der Waals surface area contributed by atoms with Gasteiger partial charge in [0.05, 0.1) is 11.5 Å². The summed E-state index contributed by atoms with van der Waals surface area (Å²) < 4.78 is 0. The van der Waals surface area contributed by atoms with E-state index in [-0.39, 0.29) is 5.91 Å². The third-order valence-corrected chi connectivity index (χ3v) is 3.91. The summed E-state index contributed by atoms with van der Waals surface area (Å²) in [5, 5.41) is 16.3. The van der Waals surface area contributed by atoms with Crippen molar-refractivity contribution in [2.45, 2.75) is 26.0 Å². The predicted octanol–water partition coefficient (Wildman–Crippen LogP) is 0.236. The van der Waals surface area contributed by atoms with E-state index in [0.717, 1.165) is 15.1 Å². The van der Waals surface area contributed by atoms with Gasteiger partial charge in [-0.15, -0.1) is 11.3 Å². The molecular formula is C13H19N5O2S. The summed E-state index contributed by atoms with van der Waals surface area (Å²) in [7, 11) is 0. The number of thiophene rings is 1. The topological polar surface area (TPSA) is 113 Å². The molecule has 0 radical (unpaired) electrons. The number of amides is 1. The van der Waals surface area contributed by atoms with Crippen molar-refractivity contribution in [1.82, 2.24) is 15.3 Å². The van der Waals surface area contributed by atoms with Crippen LogP contribution < -0.4 is 16.4 Å². The Morgan fingerprint density at radius 2 is 2.29 bits per heavy atom. The molecule has 0 saturated heterocycles. The Morgan fingerprint density at radius 1 is 1.52 bits per heavy atom. The number of nitrogens with zero attached hydrogens (tertiary/aromatic N) is 2. The summed E-state index contributed by atoms with van der Waals surface area (Å²) in [5.74, 6) is 0.229. The summed E-state index contributed by atoms with van der Waals surface area (Å²) in [5.41, 5.74) is 5.37. The molecule has 8 heteroatoms. The zero-order chi connectivity index (χ0) is 15.4. The normalized spacial score (nSPS) is 13.9. The number of hydrogen-bond donors (Lipinski definition) is 4. The van der Waals surface area contributed by atoms with Crippen LogP contribution in [-0.4, -0.2) is 46.2 Å². The monoisotopic (exact) mass is 309 g/mol. The molecule has 0 bridgehead atoms. The molecule has 2 aromatic heterocycles. The number of aryl methyl sites for hydroxylation is 1. The number of aliphatic hydroxyl groups excluding tert-OH is 1. The van der Waals surface area contributed by atoms with Gasteiger partial charge < -0.3 is 21.5 Å². The molecule has 2 atom stereocenters. The Morgan fingerprint density at radius 3 is 2.95 bits per heavy atom. The largest absolute Gasteiger partial charge is 0.391 e. The van der Waals surface area contributed by atoms with Crippen molar-refractivity contribution in [3.05, 3.63) is 17.3 Å². The van der Waals surface area contributed by atoms with Crippen molar-refractivity contribution >= 4 is 33.3 Å². The Kier molecular flexibility index (Phi) is 5.05. The summed E-state index contributed by atoms with van der Waals surface area (Å²) in [6.45, 7) is 4.24. The quantitative estimate of drug-likeness (QED) is 0.608. The third kappa shape index (κ3) is 3.66. The highest BCUT2D eigenvalue weighted by molar-refractivity contribution is 7.18. The van der Waals surface area contributed by atoms with Crippen LogP contribution in [0.25, 0.3) is 10.2 Å². The molecule has 0 aliphatic rings. The number of carbonyl (C=O) groups excluding carboxylic acids is 1. The highest BCUT2D eigenvalue weighted by Crippen LogP contribution is 2.27. The van der Waals surface area contributed by atoms with E-state index >= 15 is 0 Å². The summed E-state index contributed by atoms with van der Waals surface area (Å²) in [6, 6.07) is 1.16. The molecule has 5 N–H and O–H groups in total. The van der Waals surface area contributed by atoms with E-state index in [4.69, 9.17) is 5.73 Å². The minimum Gasteiger partial charge on any atom is -0.391 e. The van der Waals surface area contributed by atoms with Gasteiger partial charge in [-0.25, -0.2) is 9.97 Å². The SMILES string of the molecule is Cc1cc2c(NC(C(=O)NCCN)C(C)O)ncnc2s1. The standard InChI is InChI=1S/C13H19N5O2S/c1-7-5-9-11(16-6-17-13(9)21-7)18-10(8(2)19)12(20)15-4-3-14/h5-6,8,10,19H,3-4,14H2,1-2H3,(H,15,20)(H,16,17,18). The molecule has 2 aromatic rings. The van der Waals surface area contributed by atoms with Crippen molar-refractivity contribution < 1.29 is 9.90 Å². The molecule has 7 nitrogen and oxygen atoms in total. The van der Waals surface area contributed by atoms with Gasteiger partial charge in [0.1, 0.15) is 23.0 Å². The van der Waals surface area contributed by atoms with Gasteiger partial charge in [0.15, 0.2) is 0 Å². The van der Waals surface area contributed by atoms with Crippen LogP contribution in [0.4, 0.5) is 5.82 Å². The highest BCUT2D eigenvalue weighted by atomic mass is 32.1. The van der Waals surface area contributed by atoms with Crippen LogP contribution in [0.2, 0.25) is 0 Å². The number of nitrogens with two attached hydrogens (primary N) is 1. The average molecular weight is 309 g/mol. The summed E-state index contributed by atoms with van der Waals surface area (Å²) in [4.78, 5) is 22.4. The summed E-state index contributed by atoms with van der Waals surface area (Å²) in [6.07, 6.45) is 0.574. The van der Waals surface area contributed by atoms with Crippen LogP contribution in [0.15, 0.2) is 12.4 Å². The maximum Gasteiger partial charge on any atom is 0.245 e. The smallest absolute Gasteiger partial charge is 0.245 e. The van der Waals surface area contributed by atoms with E-state index in [1.807, 2.05) is 13.0 Å². The number of hydrogen-bond acceptors (Lipinski definition) is 7. The number of aliphatic hydroxyl groups is 1. The van der Waals surface area contributed by atoms with Crippen LogP contribution >= 0.6 is 11.3 Å². The lowest BCUT2D eigenvalue weighted by atomic mass is 10.1. The number of nitrogens with one attached hydrogen (secondary N) is 2. The average Bonchev–Trinajstić information content (AvgIpc) is 2.82. The number of fused-ring (bicyclic) bond motifs is 1. The fourth-order valence-electron chi connectivity index (χ4n) is 1.95. The summed E-state index contributed by atoms with van der Waals surface area (Å²) >= 11 is 1.55. The molecule has 2 heterocycles. The van der Waals surface area contributed by atoms with E-state index in [1.54, 1.807) is 18.3 Å². The molecule has 2 rings (SSSR count). The molecule has 21 heavy (non-hydrogen) atoms. The van der Waals surface area contributed by atoms with E-state index in [2.05, 4.69) is 20.6 Å². The van der Waals surface area contributed by atoms with Gasteiger partial charge in [-0.2, -0.15) is 0 Å². The van der Waals surface area contributed by atoms with Crippen LogP contribution in [0.1, 0.15) is 11.8 Å². The molecule has 0 spiro atoms. The van der Waals surface area contributed by atoms with E-state index in [9.17, 15) is 9.90 Å². The highest BCUT2D eigenvalue weighted by Gasteiger charge is 2.24. The van der Waals surface area contributed by atoms with Gasteiger partial charge in [0.25, 0.3) is 0 Å². The van der Waals surface area contributed by atoms with Gasteiger partial charge in [-0.05, 0) is 19.9 Å². The van der Waals surface area contributed by atoms with Crippen molar-refractivity contribution in [1.29, 1.82) is 0 Å². The second-order valence-corrected chi connectivity index (χ2v) is 5.98. The predicted molar refractivity (Wildman–Crippen MR) is 83.3 cm³/mol. The first-order valence-electron chi connectivity index (χ1n) is 6.66. The maximum absolute atomic E-state index is 12.1. The molecule has 2 unspecified atom stereocenters. The number of carbonyl (C=O) groups is 1. The van der Waals surface area contributed by atoms with E-state index in [0.29, 0.717) is 18.9 Å². The molecule has 0 aliphatic carbocycles. The lowest BCUT2D eigenvalue weighted by Gasteiger charge is -2.21. The lowest BCUT2D eigenvalue weighted by molar-refractivity contribution is -0.123. The number of anilines is 1. The minimum atomic E-state index is -0.868. The van der Waals surface area contributed by atoms with Crippen molar-refractivity contribution in [3.63, 3.8) is 0 Å². The Labute approximate surface area is 126 Å². The van der Waals surface area contributed by atoms with Crippen molar-refractivity contribution in [2.24, 2.45) is 5.73 Å². The maximum atomic E-state index is 12.1. The minimum absolute atomic E-state index is 0.311. The number of aromatic nitrogens is 2. The zero-order valence-corrected chi connectivity index (χ0v) is 12.8. The molecule has 0 fully saturated rings. The van der Waals surface area contributed by atoms with Crippen molar-refractivity contribution in [2.75, 3.05) is 18.4 Å². The van der Waals surface area contributed by atoms with Crippen LogP contribution in [-0.2, 0) is 4.79 Å².